The summed E-state index contributed by atoms with van der Waals surface area (Å²) in [5.74, 6) is -0.176. The Bertz CT molecular complexity index is 888. The van der Waals surface area contributed by atoms with Gasteiger partial charge in [0.15, 0.2) is 5.65 Å². The van der Waals surface area contributed by atoms with E-state index in [1.165, 1.54) is 0 Å². The molecule has 0 aliphatic carbocycles. The van der Waals surface area contributed by atoms with E-state index in [1.807, 2.05) is 31.5 Å². The molecule has 0 spiro atoms. The third-order valence-corrected chi connectivity index (χ3v) is 4.76. The van der Waals surface area contributed by atoms with Crippen LogP contribution in [-0.2, 0) is 6.54 Å². The number of fused-ring (bicyclic) bond motifs is 1. The summed E-state index contributed by atoms with van der Waals surface area (Å²) in [4.78, 5) is 23.7. The first-order valence-corrected chi connectivity index (χ1v) is 9.41. The molecule has 0 radical (unpaired) electrons. The Balaban J connectivity index is 1.79. The fourth-order valence-electron chi connectivity index (χ4n) is 3.10. The summed E-state index contributed by atoms with van der Waals surface area (Å²) < 4.78 is 1.68. The van der Waals surface area contributed by atoms with Gasteiger partial charge in [-0.25, -0.2) is 9.50 Å². The van der Waals surface area contributed by atoms with Crippen LogP contribution in [0.2, 0.25) is 0 Å². The Morgan fingerprint density at radius 1 is 1.22 bits per heavy atom. The average molecular weight is 366 g/mol. The highest BCUT2D eigenvalue weighted by molar-refractivity contribution is 5.99. The van der Waals surface area contributed by atoms with Crippen LogP contribution in [-0.4, -0.2) is 43.5 Å². The Hall–Kier alpha value is -2.80. The van der Waals surface area contributed by atoms with Crippen molar-refractivity contribution in [2.45, 2.75) is 39.8 Å². The smallest absolute Gasteiger partial charge is 0.257 e. The van der Waals surface area contributed by atoms with Gasteiger partial charge in [0.2, 0.25) is 0 Å². The maximum atomic E-state index is 12.8. The van der Waals surface area contributed by atoms with Crippen molar-refractivity contribution in [1.82, 2.24) is 29.8 Å². The number of carbonyl (C=O) groups excluding carboxylic acids is 1. The van der Waals surface area contributed by atoms with Crippen molar-refractivity contribution in [2.24, 2.45) is 0 Å². The van der Waals surface area contributed by atoms with E-state index in [-0.39, 0.29) is 11.9 Å². The van der Waals surface area contributed by atoms with Crippen LogP contribution in [0, 0.1) is 0 Å². The van der Waals surface area contributed by atoms with Crippen LogP contribution in [0.3, 0.4) is 0 Å². The van der Waals surface area contributed by atoms with E-state index in [0.717, 1.165) is 37.2 Å². The molecule has 7 heteroatoms. The second kappa shape index (κ2) is 8.73. The van der Waals surface area contributed by atoms with Crippen LogP contribution < -0.4 is 5.32 Å². The van der Waals surface area contributed by atoms with Gasteiger partial charge in [0.05, 0.1) is 12.2 Å². The molecule has 0 bridgehead atoms. The van der Waals surface area contributed by atoms with Crippen LogP contribution >= 0.6 is 0 Å². The molecule has 0 fully saturated rings. The Labute approximate surface area is 159 Å². The lowest BCUT2D eigenvalue weighted by Gasteiger charge is -2.17. The standard InChI is InChI=1S/C20H26N6O/c1-4-18(16-8-7-9-21-11-16)24-20(27)17-12-23-26-14-15(10-22-19(17)26)13-25(5-2)6-3/h7-12,14,18H,4-6,13H2,1-3H3,(H,24,27). The van der Waals surface area contributed by atoms with E-state index >= 15 is 0 Å². The number of hydrogen-bond donors (Lipinski definition) is 1. The lowest BCUT2D eigenvalue weighted by Crippen LogP contribution is -2.28. The summed E-state index contributed by atoms with van der Waals surface area (Å²) >= 11 is 0. The molecule has 1 unspecified atom stereocenters. The second-order valence-electron chi connectivity index (χ2n) is 6.47. The third kappa shape index (κ3) is 4.31. The van der Waals surface area contributed by atoms with Gasteiger partial charge in [0.25, 0.3) is 5.91 Å². The van der Waals surface area contributed by atoms with Crippen molar-refractivity contribution in [2.75, 3.05) is 13.1 Å². The quantitative estimate of drug-likeness (QED) is 0.663. The van der Waals surface area contributed by atoms with Gasteiger partial charge in [-0.05, 0) is 31.1 Å². The maximum absolute atomic E-state index is 12.8. The molecular weight excluding hydrogens is 340 g/mol. The molecule has 142 valence electrons. The SMILES string of the molecule is CCC(NC(=O)c1cnn2cc(CN(CC)CC)cnc12)c1cccnc1. The van der Waals surface area contributed by atoms with Crippen molar-refractivity contribution in [3.63, 3.8) is 0 Å². The van der Waals surface area contributed by atoms with E-state index in [9.17, 15) is 4.79 Å². The number of aromatic nitrogens is 4. The van der Waals surface area contributed by atoms with Gasteiger partial charge in [-0.1, -0.05) is 26.8 Å². The Morgan fingerprint density at radius 2 is 2.04 bits per heavy atom. The number of pyridine rings is 1. The number of nitrogens with one attached hydrogen (secondary N) is 1. The molecule has 7 nitrogen and oxygen atoms in total. The molecule has 3 aromatic rings. The zero-order valence-electron chi connectivity index (χ0n) is 16.1. The van der Waals surface area contributed by atoms with Gasteiger partial charge in [0, 0.05) is 36.9 Å². The van der Waals surface area contributed by atoms with Gasteiger partial charge >= 0.3 is 0 Å². The van der Waals surface area contributed by atoms with Gasteiger partial charge in [0.1, 0.15) is 5.56 Å². The lowest BCUT2D eigenvalue weighted by atomic mass is 10.1. The first-order valence-electron chi connectivity index (χ1n) is 9.41. The van der Waals surface area contributed by atoms with E-state index in [2.05, 4.69) is 39.1 Å². The van der Waals surface area contributed by atoms with Crippen LogP contribution in [0.15, 0.2) is 43.1 Å². The number of hydrogen-bond acceptors (Lipinski definition) is 5. The zero-order valence-corrected chi connectivity index (χ0v) is 16.1. The van der Waals surface area contributed by atoms with Crippen molar-refractivity contribution < 1.29 is 4.79 Å². The molecule has 0 aliphatic rings. The second-order valence-corrected chi connectivity index (χ2v) is 6.47. The highest BCUT2D eigenvalue weighted by Crippen LogP contribution is 2.17. The van der Waals surface area contributed by atoms with E-state index in [1.54, 1.807) is 23.1 Å². The fraction of sp³-hybridized carbons (Fsp3) is 0.400. The summed E-state index contributed by atoms with van der Waals surface area (Å²) in [6.07, 6.45) is 9.62. The van der Waals surface area contributed by atoms with Gasteiger partial charge in [-0.3, -0.25) is 14.7 Å². The molecule has 0 aromatic carbocycles. The molecule has 3 heterocycles. The van der Waals surface area contributed by atoms with Crippen LogP contribution in [0.4, 0.5) is 0 Å². The van der Waals surface area contributed by atoms with Gasteiger partial charge < -0.3 is 5.32 Å². The van der Waals surface area contributed by atoms with E-state index in [0.29, 0.717) is 11.2 Å². The van der Waals surface area contributed by atoms with Crippen LogP contribution in [0.25, 0.3) is 5.65 Å². The molecule has 3 aromatic heterocycles. The predicted molar refractivity (Wildman–Crippen MR) is 104 cm³/mol. The Kier molecular flexibility index (Phi) is 6.13. The predicted octanol–water partition coefficient (Wildman–Crippen LogP) is 2.85. The lowest BCUT2D eigenvalue weighted by molar-refractivity contribution is 0.0937. The molecule has 27 heavy (non-hydrogen) atoms. The van der Waals surface area contributed by atoms with Crippen molar-refractivity contribution in [1.29, 1.82) is 0 Å². The Morgan fingerprint density at radius 3 is 2.70 bits per heavy atom. The monoisotopic (exact) mass is 366 g/mol. The van der Waals surface area contributed by atoms with Gasteiger partial charge in [-0.2, -0.15) is 5.10 Å². The minimum absolute atomic E-state index is 0.0944. The summed E-state index contributed by atoms with van der Waals surface area (Å²) in [7, 11) is 0. The number of rotatable bonds is 8. The normalized spacial score (nSPS) is 12.4. The summed E-state index contributed by atoms with van der Waals surface area (Å²) in [5.41, 5.74) is 3.10. The first kappa shape index (κ1) is 19.0. The van der Waals surface area contributed by atoms with E-state index in [4.69, 9.17) is 0 Å². The molecule has 1 amide bonds. The van der Waals surface area contributed by atoms with E-state index < -0.39 is 0 Å². The summed E-state index contributed by atoms with van der Waals surface area (Å²) in [6, 6.07) is 3.75. The molecular formula is C20H26N6O. The highest BCUT2D eigenvalue weighted by Gasteiger charge is 2.19. The molecule has 0 saturated carbocycles. The summed E-state index contributed by atoms with van der Waals surface area (Å²) in [5, 5.41) is 7.39. The topological polar surface area (TPSA) is 75.4 Å². The van der Waals surface area contributed by atoms with Crippen molar-refractivity contribution >= 4 is 11.6 Å². The molecule has 3 rings (SSSR count). The number of nitrogens with zero attached hydrogens (tertiary/aromatic N) is 5. The van der Waals surface area contributed by atoms with Crippen molar-refractivity contribution in [3.8, 4) is 0 Å². The fourth-order valence-corrected chi connectivity index (χ4v) is 3.10. The molecule has 0 aliphatic heterocycles. The number of carbonyl (C=O) groups is 1. The molecule has 1 atom stereocenters. The highest BCUT2D eigenvalue weighted by atomic mass is 16.1. The van der Waals surface area contributed by atoms with Crippen LogP contribution in [0.5, 0.6) is 0 Å². The minimum atomic E-state index is -0.176. The zero-order chi connectivity index (χ0) is 19.2. The molecule has 1 N–H and O–H groups in total. The third-order valence-electron chi connectivity index (χ3n) is 4.76. The average Bonchev–Trinajstić information content (AvgIpc) is 3.14. The first-order chi connectivity index (χ1) is 13.2. The minimum Gasteiger partial charge on any atom is -0.345 e. The molecule has 0 saturated heterocycles. The number of amides is 1. The van der Waals surface area contributed by atoms with Crippen molar-refractivity contribution in [3.05, 3.63) is 59.8 Å². The summed E-state index contributed by atoms with van der Waals surface area (Å²) in [6.45, 7) is 9.08. The largest absolute Gasteiger partial charge is 0.345 e. The van der Waals surface area contributed by atoms with Gasteiger partial charge in [-0.15, -0.1) is 0 Å². The maximum Gasteiger partial charge on any atom is 0.257 e. The van der Waals surface area contributed by atoms with Crippen LogP contribution in [0.1, 0.15) is 54.7 Å².